The fraction of sp³-hybridized carbons (Fsp3) is 0.444. The quantitative estimate of drug-likeness (QED) is 0.898. The van der Waals surface area contributed by atoms with Crippen LogP contribution in [0.15, 0.2) is 42.5 Å². The standard InChI is InChI=1S/C18H24N2/c1-20(13-14-6-4-7-14)18(12-19)17-11-5-9-15-8-2-3-10-16(15)17/h2-3,5,8-11,14,18H,4,6-7,12-13,19H2,1H3. The molecule has 1 fully saturated rings. The maximum Gasteiger partial charge on any atom is 0.0473 e. The van der Waals surface area contributed by atoms with Gasteiger partial charge >= 0.3 is 0 Å². The number of fused-ring (bicyclic) bond motifs is 1. The fourth-order valence-corrected chi connectivity index (χ4v) is 3.30. The molecular formula is C18H24N2. The molecule has 1 aliphatic carbocycles. The number of nitrogens with zero attached hydrogens (tertiary/aromatic N) is 1. The van der Waals surface area contributed by atoms with Crippen molar-refractivity contribution in [2.24, 2.45) is 11.7 Å². The lowest BCUT2D eigenvalue weighted by Gasteiger charge is -2.35. The Morgan fingerprint density at radius 3 is 2.60 bits per heavy atom. The van der Waals surface area contributed by atoms with Gasteiger partial charge in [0.15, 0.2) is 0 Å². The third-order valence-corrected chi connectivity index (χ3v) is 4.71. The Balaban J connectivity index is 1.89. The molecule has 106 valence electrons. The number of rotatable bonds is 5. The fourth-order valence-electron chi connectivity index (χ4n) is 3.30. The normalized spacial score (nSPS) is 17.4. The van der Waals surface area contributed by atoms with Crippen molar-refractivity contribution >= 4 is 10.8 Å². The SMILES string of the molecule is CN(CC1CCC1)C(CN)c1cccc2ccccc12. The Morgan fingerprint density at radius 2 is 1.90 bits per heavy atom. The van der Waals surface area contributed by atoms with Gasteiger partial charge in [-0.25, -0.2) is 0 Å². The summed E-state index contributed by atoms with van der Waals surface area (Å²) in [6.45, 7) is 1.85. The second-order valence-corrected chi connectivity index (χ2v) is 6.06. The van der Waals surface area contributed by atoms with Crippen molar-refractivity contribution in [3.8, 4) is 0 Å². The van der Waals surface area contributed by atoms with E-state index in [1.54, 1.807) is 0 Å². The number of nitrogens with two attached hydrogens (primary N) is 1. The summed E-state index contributed by atoms with van der Waals surface area (Å²) >= 11 is 0. The van der Waals surface area contributed by atoms with Gasteiger partial charge in [-0.05, 0) is 42.1 Å². The van der Waals surface area contributed by atoms with Crippen molar-refractivity contribution in [2.45, 2.75) is 25.3 Å². The molecule has 20 heavy (non-hydrogen) atoms. The largest absolute Gasteiger partial charge is 0.329 e. The lowest BCUT2D eigenvalue weighted by atomic mass is 9.84. The van der Waals surface area contributed by atoms with E-state index in [4.69, 9.17) is 5.73 Å². The van der Waals surface area contributed by atoms with Gasteiger partial charge in [-0.15, -0.1) is 0 Å². The van der Waals surface area contributed by atoms with E-state index in [0.29, 0.717) is 12.6 Å². The first-order chi connectivity index (χ1) is 9.79. The van der Waals surface area contributed by atoms with Crippen molar-refractivity contribution < 1.29 is 0 Å². The zero-order valence-corrected chi connectivity index (χ0v) is 12.3. The molecule has 2 N–H and O–H groups in total. The zero-order chi connectivity index (χ0) is 13.9. The lowest BCUT2D eigenvalue weighted by Crippen LogP contribution is -2.36. The van der Waals surface area contributed by atoms with Crippen LogP contribution >= 0.6 is 0 Å². The van der Waals surface area contributed by atoms with Gasteiger partial charge in [-0.3, -0.25) is 4.90 Å². The Kier molecular flexibility index (Phi) is 4.04. The Hall–Kier alpha value is -1.38. The molecule has 0 aliphatic heterocycles. The van der Waals surface area contributed by atoms with E-state index < -0.39 is 0 Å². The maximum atomic E-state index is 6.09. The van der Waals surface area contributed by atoms with E-state index in [-0.39, 0.29) is 0 Å². The molecule has 2 heteroatoms. The van der Waals surface area contributed by atoms with Gasteiger partial charge in [0.05, 0.1) is 0 Å². The number of hydrogen-bond acceptors (Lipinski definition) is 2. The Labute approximate surface area is 121 Å². The topological polar surface area (TPSA) is 29.3 Å². The van der Waals surface area contributed by atoms with Gasteiger partial charge in [-0.2, -0.15) is 0 Å². The minimum atomic E-state index is 0.321. The van der Waals surface area contributed by atoms with Crippen LogP contribution in [0.4, 0.5) is 0 Å². The van der Waals surface area contributed by atoms with E-state index in [0.717, 1.165) is 5.92 Å². The van der Waals surface area contributed by atoms with Crippen LogP contribution in [0.3, 0.4) is 0 Å². The first kappa shape index (κ1) is 13.6. The van der Waals surface area contributed by atoms with E-state index in [1.807, 2.05) is 0 Å². The van der Waals surface area contributed by atoms with Gasteiger partial charge < -0.3 is 5.73 Å². The van der Waals surface area contributed by atoms with Gasteiger partial charge in [-0.1, -0.05) is 48.9 Å². The molecule has 1 saturated carbocycles. The molecule has 0 saturated heterocycles. The highest BCUT2D eigenvalue weighted by Crippen LogP contribution is 2.31. The van der Waals surface area contributed by atoms with Crippen molar-refractivity contribution in [3.05, 3.63) is 48.0 Å². The predicted molar refractivity (Wildman–Crippen MR) is 85.7 cm³/mol. The van der Waals surface area contributed by atoms with Crippen LogP contribution in [-0.2, 0) is 0 Å². The average Bonchev–Trinajstić information content (AvgIpc) is 2.44. The molecule has 1 unspecified atom stereocenters. The molecule has 3 rings (SSSR count). The molecule has 2 aromatic carbocycles. The molecule has 0 aromatic heterocycles. The highest BCUT2D eigenvalue weighted by molar-refractivity contribution is 5.86. The minimum absolute atomic E-state index is 0.321. The molecule has 0 amide bonds. The Morgan fingerprint density at radius 1 is 1.15 bits per heavy atom. The first-order valence-corrected chi connectivity index (χ1v) is 7.67. The molecule has 0 bridgehead atoms. The van der Waals surface area contributed by atoms with E-state index >= 15 is 0 Å². The van der Waals surface area contributed by atoms with Crippen LogP contribution in [0.1, 0.15) is 30.9 Å². The van der Waals surface area contributed by atoms with Crippen LogP contribution in [0.2, 0.25) is 0 Å². The van der Waals surface area contributed by atoms with E-state index in [2.05, 4.69) is 54.4 Å². The van der Waals surface area contributed by atoms with Crippen molar-refractivity contribution in [1.82, 2.24) is 4.90 Å². The molecule has 0 radical (unpaired) electrons. The smallest absolute Gasteiger partial charge is 0.0473 e. The Bertz CT molecular complexity index is 569. The van der Waals surface area contributed by atoms with Crippen molar-refractivity contribution in [1.29, 1.82) is 0 Å². The van der Waals surface area contributed by atoms with Gasteiger partial charge in [0.25, 0.3) is 0 Å². The lowest BCUT2D eigenvalue weighted by molar-refractivity contribution is 0.165. The molecule has 1 atom stereocenters. The summed E-state index contributed by atoms with van der Waals surface area (Å²) in [7, 11) is 2.22. The molecule has 1 aliphatic rings. The average molecular weight is 268 g/mol. The molecule has 0 heterocycles. The first-order valence-electron chi connectivity index (χ1n) is 7.67. The third kappa shape index (κ3) is 2.58. The number of likely N-dealkylation sites (N-methyl/N-ethyl adjacent to an activating group) is 1. The third-order valence-electron chi connectivity index (χ3n) is 4.71. The van der Waals surface area contributed by atoms with E-state index in [9.17, 15) is 0 Å². The van der Waals surface area contributed by atoms with Gasteiger partial charge in [0, 0.05) is 19.1 Å². The van der Waals surface area contributed by atoms with Crippen LogP contribution in [-0.4, -0.2) is 25.0 Å². The van der Waals surface area contributed by atoms with Crippen molar-refractivity contribution in [2.75, 3.05) is 20.1 Å². The van der Waals surface area contributed by atoms with Crippen LogP contribution in [0, 0.1) is 5.92 Å². The molecule has 2 aromatic rings. The molecule has 2 nitrogen and oxygen atoms in total. The minimum Gasteiger partial charge on any atom is -0.329 e. The maximum absolute atomic E-state index is 6.09. The second kappa shape index (κ2) is 5.94. The predicted octanol–water partition coefficient (Wildman–Crippen LogP) is 3.57. The summed E-state index contributed by atoms with van der Waals surface area (Å²) in [4.78, 5) is 2.45. The number of benzene rings is 2. The summed E-state index contributed by atoms with van der Waals surface area (Å²) < 4.78 is 0. The summed E-state index contributed by atoms with van der Waals surface area (Å²) in [5, 5.41) is 2.64. The van der Waals surface area contributed by atoms with E-state index in [1.165, 1.54) is 42.1 Å². The summed E-state index contributed by atoms with van der Waals surface area (Å²) in [6.07, 6.45) is 4.18. The van der Waals surface area contributed by atoms with Gasteiger partial charge in [0.2, 0.25) is 0 Å². The highest BCUT2D eigenvalue weighted by atomic mass is 15.1. The summed E-state index contributed by atoms with van der Waals surface area (Å²) in [6, 6.07) is 15.5. The summed E-state index contributed by atoms with van der Waals surface area (Å²) in [5.41, 5.74) is 7.46. The monoisotopic (exact) mass is 268 g/mol. The van der Waals surface area contributed by atoms with Crippen molar-refractivity contribution in [3.63, 3.8) is 0 Å². The highest BCUT2D eigenvalue weighted by Gasteiger charge is 2.24. The van der Waals surface area contributed by atoms with Crippen LogP contribution in [0.5, 0.6) is 0 Å². The second-order valence-electron chi connectivity index (χ2n) is 6.06. The molecular weight excluding hydrogens is 244 g/mol. The number of hydrogen-bond donors (Lipinski definition) is 1. The summed E-state index contributed by atoms with van der Waals surface area (Å²) in [5.74, 6) is 0.879. The molecule has 0 spiro atoms. The van der Waals surface area contributed by atoms with Gasteiger partial charge in [0.1, 0.15) is 0 Å². The van der Waals surface area contributed by atoms with Crippen LogP contribution in [0.25, 0.3) is 10.8 Å². The van der Waals surface area contributed by atoms with Crippen LogP contribution < -0.4 is 5.73 Å². The zero-order valence-electron chi connectivity index (χ0n) is 12.3.